The molecule has 1 amide bonds. The van der Waals surface area contributed by atoms with Crippen LogP contribution in [0, 0.1) is 5.92 Å². The lowest BCUT2D eigenvalue weighted by Crippen LogP contribution is -2.34. The number of hydrogen-bond acceptors (Lipinski definition) is 3. The number of rotatable bonds is 5. The summed E-state index contributed by atoms with van der Waals surface area (Å²) in [6, 6.07) is 1.79. The van der Waals surface area contributed by atoms with E-state index in [1.54, 1.807) is 18.0 Å². The molecule has 0 bridgehead atoms. The zero-order valence-corrected chi connectivity index (χ0v) is 12.0. The lowest BCUT2D eigenvalue weighted by Gasteiger charge is -2.21. The maximum atomic E-state index is 11.9. The molecule has 0 spiro atoms. The fraction of sp³-hybridized carbons (Fsp3) is 0.583. The van der Waals surface area contributed by atoms with Gasteiger partial charge in [0.25, 0.3) is 5.91 Å². The monoisotopic (exact) mass is 302 g/mol. The zero-order chi connectivity index (χ0) is 13.0. The van der Waals surface area contributed by atoms with Crippen LogP contribution >= 0.6 is 15.9 Å². The first-order valence-corrected chi connectivity index (χ1v) is 6.46. The summed E-state index contributed by atoms with van der Waals surface area (Å²) in [5.41, 5.74) is 6.50. The predicted molar refractivity (Wildman–Crippen MR) is 70.8 cm³/mol. The van der Waals surface area contributed by atoms with Crippen LogP contribution in [0.2, 0.25) is 0 Å². The minimum atomic E-state index is -0.0459. The van der Waals surface area contributed by atoms with Crippen molar-refractivity contribution < 1.29 is 9.21 Å². The third-order valence-electron chi connectivity index (χ3n) is 2.82. The second-order valence-corrected chi connectivity index (χ2v) is 5.34. The highest BCUT2D eigenvalue weighted by molar-refractivity contribution is 9.10. The molecule has 0 unspecified atom stereocenters. The first kappa shape index (κ1) is 14.3. The first-order chi connectivity index (χ1) is 7.91. The van der Waals surface area contributed by atoms with Crippen molar-refractivity contribution in [2.24, 2.45) is 11.7 Å². The SMILES string of the molecule is CC(C)[C@H](N)CCN(C)C(=O)c1coc(Br)c1. The Balaban J connectivity index is 2.48. The highest BCUT2D eigenvalue weighted by Gasteiger charge is 2.16. The number of nitrogens with two attached hydrogens (primary N) is 1. The largest absolute Gasteiger partial charge is 0.457 e. The van der Waals surface area contributed by atoms with Crippen molar-refractivity contribution in [3.8, 4) is 0 Å². The summed E-state index contributed by atoms with van der Waals surface area (Å²) in [5.74, 6) is 0.386. The Bertz CT molecular complexity index is 376. The van der Waals surface area contributed by atoms with Crippen molar-refractivity contribution in [3.63, 3.8) is 0 Å². The molecule has 5 heteroatoms. The summed E-state index contributed by atoms with van der Waals surface area (Å²) in [5, 5.41) is 0. The van der Waals surface area contributed by atoms with Crippen LogP contribution < -0.4 is 5.73 Å². The van der Waals surface area contributed by atoms with E-state index in [1.807, 2.05) is 0 Å². The van der Waals surface area contributed by atoms with Gasteiger partial charge in [0.2, 0.25) is 0 Å². The van der Waals surface area contributed by atoms with Crippen molar-refractivity contribution in [2.75, 3.05) is 13.6 Å². The molecule has 0 aromatic carbocycles. The second kappa shape index (κ2) is 6.21. The van der Waals surface area contributed by atoms with Crippen molar-refractivity contribution in [1.82, 2.24) is 4.90 Å². The number of amides is 1. The molecule has 1 aromatic rings. The zero-order valence-electron chi connectivity index (χ0n) is 10.4. The molecular weight excluding hydrogens is 284 g/mol. The van der Waals surface area contributed by atoms with E-state index in [-0.39, 0.29) is 11.9 Å². The summed E-state index contributed by atoms with van der Waals surface area (Å²) in [6.07, 6.45) is 2.25. The van der Waals surface area contributed by atoms with E-state index >= 15 is 0 Å². The normalized spacial score (nSPS) is 12.8. The van der Waals surface area contributed by atoms with Gasteiger partial charge in [-0.1, -0.05) is 13.8 Å². The number of halogens is 1. The fourth-order valence-electron chi connectivity index (χ4n) is 1.42. The molecule has 1 atom stereocenters. The van der Waals surface area contributed by atoms with Gasteiger partial charge in [-0.05, 0) is 28.3 Å². The molecule has 1 aromatic heterocycles. The van der Waals surface area contributed by atoms with Gasteiger partial charge < -0.3 is 15.1 Å². The van der Waals surface area contributed by atoms with Gasteiger partial charge in [0.1, 0.15) is 6.26 Å². The lowest BCUT2D eigenvalue weighted by atomic mass is 10.0. The lowest BCUT2D eigenvalue weighted by molar-refractivity contribution is 0.0788. The van der Waals surface area contributed by atoms with Crippen molar-refractivity contribution >= 4 is 21.8 Å². The summed E-state index contributed by atoms with van der Waals surface area (Å²) in [6.45, 7) is 4.82. The highest BCUT2D eigenvalue weighted by atomic mass is 79.9. The van der Waals surface area contributed by atoms with Crippen molar-refractivity contribution in [3.05, 3.63) is 22.6 Å². The second-order valence-electron chi connectivity index (χ2n) is 4.56. The van der Waals surface area contributed by atoms with Gasteiger partial charge in [-0.3, -0.25) is 4.79 Å². The molecule has 0 saturated carbocycles. The van der Waals surface area contributed by atoms with Crippen LogP contribution in [-0.2, 0) is 0 Å². The van der Waals surface area contributed by atoms with Gasteiger partial charge >= 0.3 is 0 Å². The molecule has 1 heterocycles. The molecule has 1 rings (SSSR count). The molecule has 0 aliphatic rings. The maximum Gasteiger partial charge on any atom is 0.256 e. The van der Waals surface area contributed by atoms with Crippen LogP contribution in [-0.4, -0.2) is 30.4 Å². The van der Waals surface area contributed by atoms with Gasteiger partial charge in [0.05, 0.1) is 5.56 Å². The standard InChI is InChI=1S/C12H19BrN2O2/c1-8(2)10(14)4-5-15(3)12(16)9-6-11(13)17-7-9/h6-8,10H,4-5,14H2,1-3H3/t10-/m1/s1. The van der Waals surface area contributed by atoms with Gasteiger partial charge in [-0.2, -0.15) is 0 Å². The number of nitrogens with zero attached hydrogens (tertiary/aromatic N) is 1. The Morgan fingerprint density at radius 1 is 1.59 bits per heavy atom. The van der Waals surface area contributed by atoms with Crippen LogP contribution in [0.1, 0.15) is 30.6 Å². The van der Waals surface area contributed by atoms with E-state index in [9.17, 15) is 4.79 Å². The summed E-state index contributed by atoms with van der Waals surface area (Å²) < 4.78 is 5.61. The highest BCUT2D eigenvalue weighted by Crippen LogP contribution is 2.15. The third kappa shape index (κ3) is 4.16. The minimum absolute atomic E-state index is 0.0459. The molecule has 0 fully saturated rings. The topological polar surface area (TPSA) is 59.5 Å². The summed E-state index contributed by atoms with van der Waals surface area (Å²) in [7, 11) is 1.77. The quantitative estimate of drug-likeness (QED) is 0.909. The Kier molecular flexibility index (Phi) is 5.21. The molecule has 0 radical (unpaired) electrons. The Morgan fingerprint density at radius 3 is 2.71 bits per heavy atom. The molecule has 96 valence electrons. The van der Waals surface area contributed by atoms with E-state index in [0.717, 1.165) is 6.42 Å². The average molecular weight is 303 g/mol. The molecule has 0 saturated heterocycles. The van der Waals surface area contributed by atoms with Crippen molar-refractivity contribution in [2.45, 2.75) is 26.3 Å². The van der Waals surface area contributed by atoms with Gasteiger partial charge in [-0.15, -0.1) is 0 Å². The molecule has 0 aliphatic carbocycles. The molecular formula is C12H19BrN2O2. The average Bonchev–Trinajstić information content (AvgIpc) is 2.70. The fourth-order valence-corrected chi connectivity index (χ4v) is 1.76. The van der Waals surface area contributed by atoms with Crippen LogP contribution in [0.3, 0.4) is 0 Å². The van der Waals surface area contributed by atoms with Crippen LogP contribution in [0.4, 0.5) is 0 Å². The third-order valence-corrected chi connectivity index (χ3v) is 3.23. The summed E-state index contributed by atoms with van der Waals surface area (Å²) >= 11 is 3.17. The maximum absolute atomic E-state index is 11.9. The van der Waals surface area contributed by atoms with Crippen LogP contribution in [0.5, 0.6) is 0 Å². The number of carbonyl (C=O) groups is 1. The predicted octanol–water partition coefficient (Wildman–Crippen LogP) is 2.49. The smallest absolute Gasteiger partial charge is 0.256 e. The Morgan fingerprint density at radius 2 is 2.24 bits per heavy atom. The molecule has 0 aliphatic heterocycles. The number of carbonyl (C=O) groups excluding carboxylic acids is 1. The molecule has 2 N–H and O–H groups in total. The summed E-state index contributed by atoms with van der Waals surface area (Å²) in [4.78, 5) is 13.6. The molecule has 4 nitrogen and oxygen atoms in total. The first-order valence-electron chi connectivity index (χ1n) is 5.67. The van der Waals surface area contributed by atoms with E-state index in [0.29, 0.717) is 22.7 Å². The Labute approximate surface area is 110 Å². The van der Waals surface area contributed by atoms with Gasteiger partial charge in [0, 0.05) is 25.7 Å². The minimum Gasteiger partial charge on any atom is -0.457 e. The van der Waals surface area contributed by atoms with E-state index in [2.05, 4.69) is 29.8 Å². The van der Waals surface area contributed by atoms with E-state index < -0.39 is 0 Å². The van der Waals surface area contributed by atoms with Crippen LogP contribution in [0.25, 0.3) is 0 Å². The van der Waals surface area contributed by atoms with Gasteiger partial charge in [0.15, 0.2) is 4.67 Å². The van der Waals surface area contributed by atoms with E-state index in [1.165, 1.54) is 6.26 Å². The van der Waals surface area contributed by atoms with E-state index in [4.69, 9.17) is 10.2 Å². The van der Waals surface area contributed by atoms with Crippen molar-refractivity contribution in [1.29, 1.82) is 0 Å². The van der Waals surface area contributed by atoms with Crippen LogP contribution in [0.15, 0.2) is 21.4 Å². The Hall–Kier alpha value is -0.810. The molecule has 17 heavy (non-hydrogen) atoms. The number of furan rings is 1. The number of hydrogen-bond donors (Lipinski definition) is 1. The van der Waals surface area contributed by atoms with Gasteiger partial charge in [-0.25, -0.2) is 0 Å².